The zero-order valence-corrected chi connectivity index (χ0v) is 32.1. The minimum Gasteiger partial charge on any atom is -0.508 e. The van der Waals surface area contributed by atoms with Crippen molar-refractivity contribution in [2.75, 3.05) is 25.6 Å². The number of aliphatic carboxylic acids is 1. The number of anilines is 1. The average molecular weight is 831 g/mol. The van der Waals surface area contributed by atoms with Crippen molar-refractivity contribution in [2.24, 2.45) is 0 Å². The van der Waals surface area contributed by atoms with E-state index in [0.717, 1.165) is 0 Å². The van der Waals surface area contributed by atoms with E-state index >= 15 is 0 Å². The third-order valence-electron chi connectivity index (χ3n) is 11.4. The Bertz CT molecular complexity index is 2410. The lowest BCUT2D eigenvalue weighted by molar-refractivity contribution is -0.307. The van der Waals surface area contributed by atoms with E-state index in [4.69, 9.17) is 29.1 Å². The summed E-state index contributed by atoms with van der Waals surface area (Å²) in [5, 5.41) is 83.1. The first-order valence-corrected chi connectivity index (χ1v) is 19.5. The number of carboxylic acids is 1. The lowest BCUT2D eigenvalue weighted by Gasteiger charge is -2.47. The second-order valence-corrected chi connectivity index (χ2v) is 15.5. The number of nitrogens with two attached hydrogens (primary N) is 1. The molecule has 3 aliphatic rings. The summed E-state index contributed by atoms with van der Waals surface area (Å²) in [7, 11) is 0. The zero-order chi connectivity index (χ0) is 42.3. The summed E-state index contributed by atoms with van der Waals surface area (Å²) in [6.45, 7) is 0.660. The zero-order valence-electron chi connectivity index (χ0n) is 32.1. The molecule has 2 aliphatic heterocycles. The average Bonchev–Trinajstić information content (AvgIpc) is 4.02. The number of aliphatic hydroxyl groups excluding tert-OH is 3. The van der Waals surface area contributed by atoms with Gasteiger partial charge in [0.05, 0.1) is 0 Å². The Labute approximate surface area is 341 Å². The summed E-state index contributed by atoms with van der Waals surface area (Å²) >= 11 is 0. The summed E-state index contributed by atoms with van der Waals surface area (Å²) in [4.78, 5) is 29.3. The molecule has 3 fully saturated rings. The van der Waals surface area contributed by atoms with Gasteiger partial charge in [0.1, 0.15) is 70.2 Å². The smallest absolute Gasteiger partial charge is 0.336 e. The number of aromatic nitrogens is 1. The van der Waals surface area contributed by atoms with Crippen molar-refractivity contribution < 1.29 is 63.9 Å². The second kappa shape index (κ2) is 16.3. The van der Waals surface area contributed by atoms with Crippen LogP contribution >= 0.6 is 0 Å². The Morgan fingerprint density at radius 2 is 1.78 bits per heavy atom. The van der Waals surface area contributed by atoms with Gasteiger partial charge in [-0.05, 0) is 86.2 Å². The van der Waals surface area contributed by atoms with Gasteiger partial charge in [0.2, 0.25) is 12.0 Å². The molecule has 0 spiro atoms. The molecule has 60 heavy (non-hydrogen) atoms. The van der Waals surface area contributed by atoms with Crippen molar-refractivity contribution in [1.29, 1.82) is 0 Å². The van der Waals surface area contributed by atoms with Crippen molar-refractivity contribution in [3.8, 4) is 40.1 Å². The van der Waals surface area contributed by atoms with Crippen LogP contribution < -0.4 is 36.0 Å². The van der Waals surface area contributed by atoms with E-state index in [1.807, 2.05) is 0 Å². The molecule has 7 atom stereocenters. The number of H-pyrrole nitrogens is 1. The number of carbonyl (C=O) groups is 1. The molecule has 8 rings (SSSR count). The molecule has 18 nitrogen and oxygen atoms in total. The SMILES string of the molecule is Nc1ccc(C(O)COc2ccc(-c3cc(=O)c4c(O)c(OC5(c6cccc(O)c6)CCCC5)c(OC5OC(C(=O)O)C(O)(CC6CNCN6)C(O)C5O)cc4o3)cc2)[nH]1. The van der Waals surface area contributed by atoms with Gasteiger partial charge in [-0.2, -0.15) is 0 Å². The summed E-state index contributed by atoms with van der Waals surface area (Å²) in [5.41, 5.74) is 2.72. The van der Waals surface area contributed by atoms with Crippen LogP contribution in [-0.2, 0) is 15.1 Å². The van der Waals surface area contributed by atoms with E-state index in [1.54, 1.807) is 48.5 Å². The minimum atomic E-state index is -2.46. The first-order chi connectivity index (χ1) is 28.7. The highest BCUT2D eigenvalue weighted by atomic mass is 16.7. The molecule has 0 radical (unpaired) electrons. The quantitative estimate of drug-likeness (QED) is 0.0811. The Hall–Kier alpha value is -5.86. The van der Waals surface area contributed by atoms with Gasteiger partial charge in [-0.15, -0.1) is 0 Å². The van der Waals surface area contributed by atoms with Gasteiger partial charge in [-0.25, -0.2) is 4.79 Å². The monoisotopic (exact) mass is 830 g/mol. The van der Waals surface area contributed by atoms with Crippen LogP contribution in [0, 0.1) is 0 Å². The van der Waals surface area contributed by atoms with Crippen molar-refractivity contribution in [2.45, 2.75) is 80.1 Å². The molecule has 7 unspecified atom stereocenters. The molecule has 1 saturated carbocycles. The number of aliphatic hydroxyl groups is 4. The molecule has 0 bridgehead atoms. The highest BCUT2D eigenvalue weighted by molar-refractivity contribution is 5.89. The van der Waals surface area contributed by atoms with Crippen LogP contribution in [0.1, 0.15) is 49.5 Å². The van der Waals surface area contributed by atoms with E-state index < -0.39 is 65.1 Å². The highest BCUT2D eigenvalue weighted by Crippen LogP contribution is 2.51. The van der Waals surface area contributed by atoms with Crippen LogP contribution in [0.25, 0.3) is 22.3 Å². The Kier molecular flexibility index (Phi) is 11.1. The van der Waals surface area contributed by atoms with Crippen LogP contribution in [0.3, 0.4) is 0 Å². The number of hydrogen-bond donors (Lipinski definition) is 11. The van der Waals surface area contributed by atoms with E-state index in [0.29, 0.717) is 67.3 Å². The van der Waals surface area contributed by atoms with Crippen LogP contribution in [0.5, 0.6) is 28.7 Å². The number of fused-ring (bicyclic) bond motifs is 1. The predicted octanol–water partition coefficient (Wildman–Crippen LogP) is 2.29. The Balaban J connectivity index is 1.16. The standard InChI is InChI=1S/C42H46N4O14/c43-32-11-10-26(46-32)28(49)19-56-25-8-6-21(7-9-25)29-15-27(48)33-30(57-29)16-31(36(34(33)50)60-41(12-1-2-13-41)22-4-3-5-24(47)14-22)58-40-35(51)37(52)42(55,38(59-40)39(53)54)17-23-18-44-20-45-23/h3-11,14-16,23,28,35,37-38,40,44-47,49-52,55H,1-2,12-13,17-20,43H2,(H,53,54). The number of rotatable bonds is 13. The first kappa shape index (κ1) is 40.9. The number of hydrogen-bond acceptors (Lipinski definition) is 16. The van der Waals surface area contributed by atoms with Crippen molar-refractivity contribution >= 4 is 22.8 Å². The molecule has 5 aromatic rings. The summed E-state index contributed by atoms with van der Waals surface area (Å²) in [6, 6.07) is 18.1. The molecule has 3 aromatic carbocycles. The van der Waals surface area contributed by atoms with Gasteiger partial charge >= 0.3 is 5.97 Å². The number of carboxylic acid groups (broad SMARTS) is 1. The van der Waals surface area contributed by atoms with Gasteiger partial charge in [-0.3, -0.25) is 4.79 Å². The maximum absolute atomic E-state index is 13.9. The molecular formula is C42H46N4O14. The fraction of sp³-hybridized carbons (Fsp3) is 0.381. The highest BCUT2D eigenvalue weighted by Gasteiger charge is 2.59. The second-order valence-electron chi connectivity index (χ2n) is 15.5. The summed E-state index contributed by atoms with van der Waals surface area (Å²) < 4.78 is 30.4. The van der Waals surface area contributed by atoms with Gasteiger partial charge in [0.15, 0.2) is 23.0 Å². The molecule has 0 amide bonds. The summed E-state index contributed by atoms with van der Waals surface area (Å²) in [5.74, 6) is -2.22. The number of aromatic amines is 1. The lowest BCUT2D eigenvalue weighted by Crippen LogP contribution is -2.70. The number of nitrogen functional groups attached to an aromatic ring is 1. The van der Waals surface area contributed by atoms with E-state index in [1.165, 1.54) is 24.3 Å². The number of phenolic OH excluding ortho intramolecular Hbond substituents is 2. The molecule has 18 heteroatoms. The molecule has 2 aromatic heterocycles. The third-order valence-corrected chi connectivity index (χ3v) is 11.4. The van der Waals surface area contributed by atoms with Crippen molar-refractivity contribution in [3.05, 3.63) is 94.3 Å². The van der Waals surface area contributed by atoms with Crippen molar-refractivity contribution in [1.82, 2.24) is 15.6 Å². The Morgan fingerprint density at radius 3 is 2.45 bits per heavy atom. The fourth-order valence-corrected chi connectivity index (χ4v) is 8.30. The first-order valence-electron chi connectivity index (χ1n) is 19.5. The van der Waals surface area contributed by atoms with Gasteiger partial charge in [0.25, 0.3) is 0 Å². The molecule has 12 N–H and O–H groups in total. The lowest BCUT2D eigenvalue weighted by atomic mass is 9.79. The predicted molar refractivity (Wildman–Crippen MR) is 212 cm³/mol. The van der Waals surface area contributed by atoms with Crippen LogP contribution in [-0.4, -0.2) is 103 Å². The largest absolute Gasteiger partial charge is 0.508 e. The van der Waals surface area contributed by atoms with Gasteiger partial charge in [0, 0.05) is 42.6 Å². The maximum atomic E-state index is 13.9. The van der Waals surface area contributed by atoms with Crippen LogP contribution in [0.2, 0.25) is 0 Å². The molecule has 2 saturated heterocycles. The maximum Gasteiger partial charge on any atom is 0.336 e. The van der Waals surface area contributed by atoms with E-state index in [-0.39, 0.29) is 47.0 Å². The number of ether oxygens (including phenoxy) is 4. The Morgan fingerprint density at radius 1 is 1.02 bits per heavy atom. The minimum absolute atomic E-state index is 0.0300. The number of benzene rings is 3. The van der Waals surface area contributed by atoms with Gasteiger partial charge in [-0.1, -0.05) is 12.1 Å². The van der Waals surface area contributed by atoms with E-state index in [2.05, 4.69) is 15.6 Å². The number of nitrogens with one attached hydrogen (secondary N) is 3. The number of phenols is 2. The molecule has 318 valence electrons. The van der Waals surface area contributed by atoms with Crippen LogP contribution in [0.4, 0.5) is 5.82 Å². The normalized spacial score (nSPS) is 25.6. The molecule has 1 aliphatic carbocycles. The van der Waals surface area contributed by atoms with Gasteiger partial charge < -0.3 is 80.5 Å². The summed E-state index contributed by atoms with van der Waals surface area (Å²) in [6.07, 6.45) is -7.15. The fourth-order valence-electron chi connectivity index (χ4n) is 8.30. The third kappa shape index (κ3) is 7.81. The molecule has 4 heterocycles. The van der Waals surface area contributed by atoms with Crippen LogP contribution in [0.15, 0.2) is 82.0 Å². The number of aromatic hydroxyl groups is 2. The van der Waals surface area contributed by atoms with E-state index in [9.17, 15) is 45.3 Å². The van der Waals surface area contributed by atoms with Crippen molar-refractivity contribution in [3.63, 3.8) is 0 Å². The topological polar surface area (TPSA) is 292 Å². The molecular weight excluding hydrogens is 784 g/mol.